The van der Waals surface area contributed by atoms with E-state index in [4.69, 9.17) is 0 Å². The highest BCUT2D eigenvalue weighted by Gasteiger charge is 2.12. The van der Waals surface area contributed by atoms with Gasteiger partial charge in [0.05, 0.1) is 23.0 Å². The van der Waals surface area contributed by atoms with E-state index in [1.165, 1.54) is 24.6 Å². The number of nitrogens with zero attached hydrogens (tertiary/aromatic N) is 5. The van der Waals surface area contributed by atoms with Crippen LogP contribution in [0.25, 0.3) is 10.7 Å². The summed E-state index contributed by atoms with van der Waals surface area (Å²) in [5.41, 5.74) is 1.01. The average Bonchev–Trinajstić information content (AvgIpc) is 3.10. The van der Waals surface area contributed by atoms with E-state index in [0.29, 0.717) is 34.0 Å². The Hall–Kier alpha value is -3.01. The Morgan fingerprint density at radius 1 is 1.18 bits per heavy atom. The molecule has 148 valence electrons. The van der Waals surface area contributed by atoms with Crippen LogP contribution in [0.3, 0.4) is 0 Å². The predicted octanol–water partition coefficient (Wildman–Crippen LogP) is 4.31. The van der Waals surface area contributed by atoms with E-state index in [-0.39, 0.29) is 6.04 Å². The van der Waals surface area contributed by atoms with Crippen LogP contribution in [-0.4, -0.2) is 39.6 Å². The van der Waals surface area contributed by atoms with Gasteiger partial charge in [0.15, 0.2) is 11.0 Å². The molecule has 10 heteroatoms. The highest BCUT2D eigenvalue weighted by Crippen LogP contribution is 2.30. The molecule has 0 spiro atoms. The van der Waals surface area contributed by atoms with Gasteiger partial charge in [-0.1, -0.05) is 11.3 Å². The van der Waals surface area contributed by atoms with Gasteiger partial charge in [-0.2, -0.15) is 0 Å². The van der Waals surface area contributed by atoms with Crippen molar-refractivity contribution in [3.05, 3.63) is 30.7 Å². The van der Waals surface area contributed by atoms with Crippen LogP contribution in [0.2, 0.25) is 0 Å². The van der Waals surface area contributed by atoms with Gasteiger partial charge < -0.3 is 16.0 Å². The zero-order chi connectivity index (χ0) is 20.1. The monoisotopic (exact) mass is 402 g/mol. The molecule has 0 aliphatic heterocycles. The average molecular weight is 403 g/mol. The molecule has 0 saturated heterocycles. The summed E-state index contributed by atoms with van der Waals surface area (Å²) in [6.45, 7) is 6.80. The van der Waals surface area contributed by atoms with E-state index in [1.54, 1.807) is 24.5 Å². The van der Waals surface area contributed by atoms with E-state index in [0.717, 1.165) is 16.6 Å². The van der Waals surface area contributed by atoms with Gasteiger partial charge in [-0.3, -0.25) is 0 Å². The Morgan fingerprint density at radius 3 is 2.71 bits per heavy atom. The molecule has 3 rings (SSSR count). The van der Waals surface area contributed by atoms with Gasteiger partial charge in [0, 0.05) is 31.9 Å². The minimum Gasteiger partial charge on any atom is -0.381 e. The molecular weight excluding hydrogens is 379 g/mol. The summed E-state index contributed by atoms with van der Waals surface area (Å²) in [7, 11) is 1.34. The molecule has 0 aliphatic rings. The molecule has 8 nitrogen and oxygen atoms in total. The van der Waals surface area contributed by atoms with Crippen molar-refractivity contribution in [3.8, 4) is 10.7 Å². The van der Waals surface area contributed by atoms with Crippen molar-refractivity contribution >= 4 is 39.5 Å². The number of thiazole rings is 1. The summed E-state index contributed by atoms with van der Waals surface area (Å²) in [6.07, 6.45) is 4.89. The number of halogens is 1. The third kappa shape index (κ3) is 4.83. The van der Waals surface area contributed by atoms with E-state index in [1.807, 2.05) is 20.8 Å². The van der Waals surface area contributed by atoms with Crippen molar-refractivity contribution < 1.29 is 4.48 Å². The zero-order valence-corrected chi connectivity index (χ0v) is 17.0. The second-order valence-electron chi connectivity index (χ2n) is 6.31. The predicted molar refractivity (Wildman–Crippen MR) is 113 cm³/mol. The molecule has 0 radical (unpaired) electrons. The van der Waals surface area contributed by atoms with Crippen molar-refractivity contribution in [1.82, 2.24) is 19.9 Å². The minimum atomic E-state index is 0.150. The van der Waals surface area contributed by atoms with E-state index < -0.39 is 0 Å². The summed E-state index contributed by atoms with van der Waals surface area (Å²) in [4.78, 5) is 18.3. The second-order valence-corrected chi connectivity index (χ2v) is 7.34. The van der Waals surface area contributed by atoms with Crippen LogP contribution in [0.1, 0.15) is 20.8 Å². The van der Waals surface area contributed by atoms with Gasteiger partial charge in [-0.25, -0.2) is 25.1 Å². The quantitative estimate of drug-likeness (QED) is 0.480. The lowest BCUT2D eigenvalue weighted by atomic mass is 10.3. The Balaban J connectivity index is 1.83. The maximum atomic E-state index is 13.7. The fourth-order valence-electron chi connectivity index (χ4n) is 2.48. The lowest BCUT2D eigenvalue weighted by Gasteiger charge is -2.18. The molecule has 0 aromatic carbocycles. The SMILES string of the molecule is CCNc1ncc(-c2nccc(Nc3cc(NC(C)C)c(N(C)F)cn3)n2)s1. The smallest absolute Gasteiger partial charge is 0.183 e. The van der Waals surface area contributed by atoms with Crippen molar-refractivity contribution in [2.75, 3.05) is 34.7 Å². The molecule has 28 heavy (non-hydrogen) atoms. The van der Waals surface area contributed by atoms with Crippen molar-refractivity contribution in [3.63, 3.8) is 0 Å². The minimum absolute atomic E-state index is 0.150. The summed E-state index contributed by atoms with van der Waals surface area (Å²) in [5.74, 6) is 1.72. The molecule has 0 bridgehead atoms. The van der Waals surface area contributed by atoms with Crippen LogP contribution in [0, 0.1) is 0 Å². The van der Waals surface area contributed by atoms with Gasteiger partial charge in [0.25, 0.3) is 0 Å². The summed E-state index contributed by atoms with van der Waals surface area (Å²) in [5, 5.41) is 10.9. The van der Waals surface area contributed by atoms with Crippen molar-refractivity contribution in [1.29, 1.82) is 0 Å². The first-order valence-electron chi connectivity index (χ1n) is 8.92. The second kappa shape index (κ2) is 8.79. The molecule has 0 aliphatic carbocycles. The summed E-state index contributed by atoms with van der Waals surface area (Å²) in [6, 6.07) is 3.66. The number of nitrogens with one attached hydrogen (secondary N) is 3. The van der Waals surface area contributed by atoms with Crippen LogP contribution in [0.15, 0.2) is 30.7 Å². The topological polar surface area (TPSA) is 90.9 Å². The van der Waals surface area contributed by atoms with Crippen molar-refractivity contribution in [2.45, 2.75) is 26.8 Å². The van der Waals surface area contributed by atoms with Gasteiger partial charge in [-0.15, -0.1) is 4.48 Å². The van der Waals surface area contributed by atoms with Crippen LogP contribution >= 0.6 is 11.3 Å². The van der Waals surface area contributed by atoms with E-state index in [2.05, 4.69) is 35.9 Å². The number of rotatable bonds is 8. The van der Waals surface area contributed by atoms with Crippen LogP contribution in [-0.2, 0) is 0 Å². The summed E-state index contributed by atoms with van der Waals surface area (Å²) >= 11 is 1.49. The molecule has 3 aromatic heterocycles. The molecule has 0 saturated carbocycles. The van der Waals surface area contributed by atoms with E-state index in [9.17, 15) is 4.48 Å². The van der Waals surface area contributed by atoms with Crippen LogP contribution in [0.5, 0.6) is 0 Å². The lowest BCUT2D eigenvalue weighted by molar-refractivity contribution is 0.476. The highest BCUT2D eigenvalue weighted by atomic mass is 32.1. The molecule has 3 aromatic rings. The number of aromatic nitrogens is 4. The Bertz CT molecular complexity index is 927. The number of anilines is 5. The molecule has 0 atom stereocenters. The van der Waals surface area contributed by atoms with Gasteiger partial charge in [0.1, 0.15) is 17.3 Å². The van der Waals surface area contributed by atoms with Crippen LogP contribution in [0.4, 0.5) is 32.6 Å². The van der Waals surface area contributed by atoms with Crippen LogP contribution < -0.4 is 21.1 Å². The third-order valence-electron chi connectivity index (χ3n) is 3.62. The highest BCUT2D eigenvalue weighted by molar-refractivity contribution is 7.18. The maximum absolute atomic E-state index is 13.7. The molecule has 3 heterocycles. The number of pyridine rings is 1. The Morgan fingerprint density at radius 2 is 2.00 bits per heavy atom. The van der Waals surface area contributed by atoms with Gasteiger partial charge in [0.2, 0.25) is 0 Å². The Labute approximate surface area is 167 Å². The molecule has 3 N–H and O–H groups in total. The third-order valence-corrected chi connectivity index (χ3v) is 4.58. The first kappa shape index (κ1) is 19.7. The number of hydrogen-bond donors (Lipinski definition) is 3. The number of hydrogen-bond acceptors (Lipinski definition) is 9. The summed E-state index contributed by atoms with van der Waals surface area (Å²) < 4.78 is 13.7. The standard InChI is InChI=1S/C18H23FN8S/c1-5-20-18-23-10-14(28-18)17-21-7-6-15(26-17)25-16-8-12(24-11(2)3)13(9-22-16)27(4)19/h6-11H,5H2,1-4H3,(H,20,23)(H2,21,22,24,25,26). The largest absolute Gasteiger partial charge is 0.381 e. The first-order chi connectivity index (χ1) is 13.5. The Kier molecular flexibility index (Phi) is 6.19. The molecular formula is C18H23FN8S. The molecule has 0 fully saturated rings. The van der Waals surface area contributed by atoms with Gasteiger partial charge >= 0.3 is 0 Å². The first-order valence-corrected chi connectivity index (χ1v) is 9.74. The fourth-order valence-corrected chi connectivity index (χ4v) is 3.30. The molecule has 0 unspecified atom stereocenters. The lowest BCUT2D eigenvalue weighted by Crippen LogP contribution is -2.14. The maximum Gasteiger partial charge on any atom is 0.183 e. The molecule has 0 amide bonds. The van der Waals surface area contributed by atoms with E-state index >= 15 is 0 Å². The zero-order valence-electron chi connectivity index (χ0n) is 16.2. The van der Waals surface area contributed by atoms with Gasteiger partial charge in [-0.05, 0) is 26.8 Å². The normalized spacial score (nSPS) is 10.8. The van der Waals surface area contributed by atoms with Crippen molar-refractivity contribution in [2.24, 2.45) is 0 Å². The fraction of sp³-hybridized carbons (Fsp3) is 0.333.